The van der Waals surface area contributed by atoms with Gasteiger partial charge in [-0.2, -0.15) is 23.6 Å². The molecule has 2 fully saturated rings. The predicted molar refractivity (Wildman–Crippen MR) is 227 cm³/mol. The first-order valence-electron chi connectivity index (χ1n) is 19.5. The largest absolute Gasteiger partial charge is 0.189 e. The first-order valence-corrected chi connectivity index (χ1v) is 19.5. The molecule has 5 aromatic carbocycles. The number of aryl methyl sites for hydroxylation is 2. The third-order valence-electron chi connectivity index (χ3n) is 11.9. The monoisotopic (exact) mass is 925 g/mol. The third kappa shape index (κ3) is 8.00. The minimum absolute atomic E-state index is 0. The minimum Gasteiger partial charge on any atom is -0.189 e. The van der Waals surface area contributed by atoms with Crippen molar-refractivity contribution in [2.75, 3.05) is 0 Å². The Morgan fingerprint density at radius 2 is 0.906 bits per heavy atom. The van der Waals surface area contributed by atoms with Crippen LogP contribution in [0.5, 0.6) is 0 Å². The predicted octanol–water partition coefficient (Wildman–Crippen LogP) is 14.6. The van der Waals surface area contributed by atoms with Crippen molar-refractivity contribution in [3.05, 3.63) is 192 Å². The van der Waals surface area contributed by atoms with Crippen molar-refractivity contribution in [2.45, 2.75) is 90.9 Å². The van der Waals surface area contributed by atoms with Crippen LogP contribution in [-0.4, -0.2) is 0 Å². The number of hydrogen-bond donors (Lipinski definition) is 0. The van der Waals surface area contributed by atoms with Crippen molar-refractivity contribution in [1.29, 1.82) is 0 Å². The second-order valence-electron chi connectivity index (χ2n) is 15.6. The van der Waals surface area contributed by atoms with E-state index in [1.165, 1.54) is 80.5 Å². The molecular formula is C52H57Cm-. The fourth-order valence-corrected chi connectivity index (χ4v) is 8.60. The average molecular weight is 929 g/mol. The first-order chi connectivity index (χ1) is 25.2. The zero-order chi connectivity index (χ0) is 36.9. The van der Waals surface area contributed by atoms with Gasteiger partial charge < -0.3 is 0 Å². The van der Waals surface area contributed by atoms with Gasteiger partial charge in [0.1, 0.15) is 0 Å². The Hall–Kier alpha value is -5.81. The first kappa shape index (κ1) is 38.4. The van der Waals surface area contributed by atoms with Gasteiger partial charge >= 0.3 is 0 Å². The van der Waals surface area contributed by atoms with E-state index in [1.54, 1.807) is 11.5 Å². The van der Waals surface area contributed by atoms with Crippen LogP contribution in [0.4, 0.5) is 0 Å². The number of benzene rings is 5. The summed E-state index contributed by atoms with van der Waals surface area (Å²) in [7, 11) is 0. The van der Waals surface area contributed by atoms with Crippen LogP contribution in [0, 0.1) is 25.7 Å². The van der Waals surface area contributed by atoms with E-state index < -0.39 is 0 Å². The smallest absolute Gasteiger partial charge is 0 e. The second-order valence-corrected chi connectivity index (χ2v) is 15.6. The van der Waals surface area contributed by atoms with Gasteiger partial charge in [0.25, 0.3) is 0 Å². The van der Waals surface area contributed by atoms with Crippen LogP contribution in [-0.2, 0) is 10.8 Å². The maximum absolute atomic E-state index is 3.00. The molecule has 1 heteroatoms. The summed E-state index contributed by atoms with van der Waals surface area (Å²) in [5.74, 6) is 2.30. The molecular weight excluding hydrogens is 872 g/mol. The van der Waals surface area contributed by atoms with Gasteiger partial charge in [0.15, 0.2) is 0 Å². The normalized spacial score (nSPS) is 19.7. The average Bonchev–Trinajstić information content (AvgIpc) is 3.18. The maximum atomic E-state index is 3.00. The molecule has 0 atom stereocenters. The summed E-state index contributed by atoms with van der Waals surface area (Å²) in [6.07, 6.45) is 12.0. The zero-order valence-corrected chi connectivity index (χ0v) is 35.7. The van der Waals surface area contributed by atoms with Crippen molar-refractivity contribution >= 4 is 5.57 Å². The van der Waals surface area contributed by atoms with E-state index in [-0.39, 0.29) is 10.8 Å². The van der Waals surface area contributed by atoms with Crippen LogP contribution in [0.2, 0.25) is 0 Å². The van der Waals surface area contributed by atoms with Crippen molar-refractivity contribution in [2.24, 2.45) is 5.92 Å². The van der Waals surface area contributed by atoms with Crippen LogP contribution < -0.4 is 0 Å². The summed E-state index contributed by atoms with van der Waals surface area (Å²) < 4.78 is 0. The van der Waals surface area contributed by atoms with E-state index in [4.69, 9.17) is 0 Å². The molecule has 0 bridgehead atoms. The van der Waals surface area contributed by atoms with Crippen LogP contribution in [0.3, 0.4) is 0 Å². The number of rotatable bonds is 7. The van der Waals surface area contributed by atoms with E-state index in [0.29, 0.717) is 0 Å². The van der Waals surface area contributed by atoms with Gasteiger partial charge in [0, 0.05) is 0 Å². The van der Waals surface area contributed by atoms with Crippen molar-refractivity contribution < 1.29 is 0 Å². The molecule has 5 aromatic rings. The SMILES string of the molecule is C=C.CC.Cc1ccc(C2=CC=C(C3CC(C)(c4ccc(-c5ccc([C-]6CC(C)(c7ccc(-c8ccc(C)cc8)cc7)C6)cc5)cc4)C3)CC2)cc1.[Cm]. The Morgan fingerprint density at radius 3 is 1.34 bits per heavy atom. The molecule has 0 aromatic heterocycles. The van der Waals surface area contributed by atoms with Gasteiger partial charge in [-0.25, -0.2) is 0 Å². The molecule has 0 aliphatic heterocycles. The van der Waals surface area contributed by atoms with Gasteiger partial charge in [-0.15, -0.1) is 25.3 Å². The molecule has 274 valence electrons. The van der Waals surface area contributed by atoms with Crippen LogP contribution in [0.1, 0.15) is 99.6 Å². The molecule has 0 amide bonds. The summed E-state index contributed by atoms with van der Waals surface area (Å²) in [5.41, 5.74) is 17.2. The van der Waals surface area contributed by atoms with Gasteiger partial charge in [0.2, 0.25) is 0 Å². The van der Waals surface area contributed by atoms with Crippen molar-refractivity contribution in [3.8, 4) is 22.3 Å². The Bertz CT molecular complexity index is 1980. The Kier molecular flexibility index (Phi) is 11.8. The van der Waals surface area contributed by atoms with E-state index in [2.05, 4.69) is 174 Å². The van der Waals surface area contributed by atoms with Crippen molar-refractivity contribution in [3.63, 3.8) is 0 Å². The summed E-state index contributed by atoms with van der Waals surface area (Å²) in [4.78, 5) is 0. The number of hydrogen-bond acceptors (Lipinski definition) is 0. The molecule has 0 spiro atoms. The minimum atomic E-state index is 0. The summed E-state index contributed by atoms with van der Waals surface area (Å²) in [6, 6.07) is 45.9. The molecule has 0 saturated heterocycles. The van der Waals surface area contributed by atoms with Gasteiger partial charge in [-0.1, -0.05) is 166 Å². The van der Waals surface area contributed by atoms with Crippen LogP contribution in [0.15, 0.2) is 152 Å². The second kappa shape index (κ2) is 16.2. The van der Waals surface area contributed by atoms with E-state index in [1.807, 2.05) is 13.8 Å². The molecule has 0 nitrogen and oxygen atoms in total. The zero-order valence-electron chi connectivity index (χ0n) is 32.8. The molecule has 0 N–H and O–H groups in total. The Labute approximate surface area is 315 Å². The van der Waals surface area contributed by atoms with Gasteiger partial charge in [0.05, 0.1) is 0 Å². The number of allylic oxidation sites excluding steroid dienone is 4. The summed E-state index contributed by atoms with van der Waals surface area (Å²) in [6.45, 7) is 19.2. The summed E-state index contributed by atoms with van der Waals surface area (Å²) in [5, 5.41) is 0. The van der Waals surface area contributed by atoms with E-state index >= 15 is 0 Å². The molecule has 0 radical (unpaired) electrons. The maximum Gasteiger partial charge on any atom is 0 e. The molecule has 0 unspecified atom stereocenters. The van der Waals surface area contributed by atoms with Crippen LogP contribution >= 0.6 is 0 Å². The molecule has 8 rings (SSSR count). The van der Waals surface area contributed by atoms with E-state index in [9.17, 15) is 0 Å². The van der Waals surface area contributed by atoms with Crippen molar-refractivity contribution in [1.82, 2.24) is 0 Å². The molecule has 2 saturated carbocycles. The van der Waals surface area contributed by atoms with Crippen LogP contribution in [0.25, 0.3) is 27.8 Å². The molecule has 53 heavy (non-hydrogen) atoms. The van der Waals surface area contributed by atoms with E-state index in [0.717, 1.165) is 25.2 Å². The fraction of sp³-hybridized carbons (Fsp3) is 0.288. The van der Waals surface area contributed by atoms with Gasteiger partial charge in [-0.05, 0) is 101 Å². The third-order valence-corrected chi connectivity index (χ3v) is 11.9. The Morgan fingerprint density at radius 1 is 0.509 bits per heavy atom. The standard InChI is InChI=1S/C48H47.C2H6.C2H4.Cm/c1-33-5-9-35(10-6-33)37-13-17-41(18-14-37)43-29-48(4,30-43)46-27-23-40(24-28-46)38-15-19-42(20-16-38)44-31-47(3,32-44)45-25-21-39(22-26-45)36-11-7-34(2)8-12-36;2*1-2;/h5-13,15-17,19-28,43H,14,18,29-32H2,1-4H3;1-2H3;1-2H2;/q-1;;;. The quantitative estimate of drug-likeness (QED) is 0.113. The summed E-state index contributed by atoms with van der Waals surface area (Å²) >= 11 is 0. The topological polar surface area (TPSA) is 0 Å². The molecule has 3 aliphatic carbocycles. The molecule has 3 aliphatic rings. The fourth-order valence-electron chi connectivity index (χ4n) is 8.60. The molecule has 0 heterocycles. The van der Waals surface area contributed by atoms with Gasteiger partial charge in [-0.3, -0.25) is 0 Å². The Balaban J connectivity index is 0.00000105.